The van der Waals surface area contributed by atoms with Crippen molar-refractivity contribution in [3.63, 3.8) is 0 Å². The molecule has 0 aliphatic rings. The van der Waals surface area contributed by atoms with Crippen LogP contribution < -0.4 is 5.32 Å². The molecule has 0 spiro atoms. The molecular weight excluding hydrogens is 394 g/mol. The minimum Gasteiger partial charge on any atom is -0.507 e. The molecule has 0 saturated carbocycles. The molecule has 3 N–H and O–H groups in total. The van der Waals surface area contributed by atoms with E-state index in [1.165, 1.54) is 29.1 Å². The number of allylic oxidation sites excluding steroid dienone is 2. The minimum absolute atomic E-state index is 0.0300. The Morgan fingerprint density at radius 1 is 1.34 bits per heavy atom. The normalized spacial score (nSPS) is 11.1. The lowest BCUT2D eigenvalue weighted by Crippen LogP contribution is -2.23. The van der Waals surface area contributed by atoms with E-state index in [2.05, 4.69) is 10.4 Å². The number of nitrogens with one attached hydrogen (secondary N) is 1. The maximum Gasteiger partial charge on any atom is 0.345 e. The van der Waals surface area contributed by atoms with Crippen molar-refractivity contribution >= 4 is 23.5 Å². The zero-order valence-corrected chi connectivity index (χ0v) is 17.1. The molecule has 1 aromatic carbocycles. The number of nitrogens with zero attached hydrogens (tertiary/aromatic N) is 2. The number of rotatable bonds is 6. The Balaban J connectivity index is 0.00000204. The van der Waals surface area contributed by atoms with Crippen LogP contribution in [0.1, 0.15) is 24.2 Å². The smallest absolute Gasteiger partial charge is 0.345 e. The predicted octanol–water partition coefficient (Wildman–Crippen LogP) is 3.32. The molecule has 0 unspecified atom stereocenters. The molecule has 0 saturated heterocycles. The molecule has 8 heteroatoms. The number of aryl methyl sites for hydroxylation is 1. The molecule has 0 atom stereocenters. The summed E-state index contributed by atoms with van der Waals surface area (Å²) < 4.78 is 1.49. The SMILES string of the molecule is C#C/C(C(=O)O)=C(Cl)\C=C/CNC(=O)c1cnn(C)c1-c1ccccc1O.CC. The maximum absolute atomic E-state index is 12.5. The third-order valence-electron chi connectivity index (χ3n) is 3.58. The van der Waals surface area contributed by atoms with Crippen LogP contribution in [-0.4, -0.2) is 38.4 Å². The second-order valence-corrected chi connectivity index (χ2v) is 5.74. The van der Waals surface area contributed by atoms with Crippen molar-refractivity contribution in [3.8, 4) is 29.4 Å². The number of aromatic nitrogens is 2. The Morgan fingerprint density at radius 2 is 2.00 bits per heavy atom. The highest BCUT2D eigenvalue weighted by Gasteiger charge is 2.19. The number of hydrogen-bond acceptors (Lipinski definition) is 4. The van der Waals surface area contributed by atoms with Crippen LogP contribution in [0.4, 0.5) is 0 Å². The molecule has 0 aliphatic carbocycles. The summed E-state index contributed by atoms with van der Waals surface area (Å²) in [6.45, 7) is 4.08. The second-order valence-electron chi connectivity index (χ2n) is 5.33. The largest absolute Gasteiger partial charge is 0.507 e. The number of halogens is 1. The lowest BCUT2D eigenvalue weighted by Gasteiger charge is -2.08. The highest BCUT2D eigenvalue weighted by Crippen LogP contribution is 2.30. The van der Waals surface area contributed by atoms with Gasteiger partial charge in [-0.3, -0.25) is 9.48 Å². The Labute approximate surface area is 174 Å². The van der Waals surface area contributed by atoms with E-state index >= 15 is 0 Å². The number of hydrogen-bond donors (Lipinski definition) is 3. The minimum atomic E-state index is -1.31. The Hall–Kier alpha value is -3.50. The lowest BCUT2D eigenvalue weighted by atomic mass is 10.1. The monoisotopic (exact) mass is 415 g/mol. The van der Waals surface area contributed by atoms with E-state index in [1.54, 1.807) is 25.2 Å². The third-order valence-corrected chi connectivity index (χ3v) is 3.90. The van der Waals surface area contributed by atoms with Crippen LogP contribution in [0.25, 0.3) is 11.3 Å². The van der Waals surface area contributed by atoms with Crippen molar-refractivity contribution in [1.29, 1.82) is 0 Å². The topological polar surface area (TPSA) is 104 Å². The molecule has 1 amide bonds. The maximum atomic E-state index is 12.5. The van der Waals surface area contributed by atoms with Crippen LogP contribution in [0.2, 0.25) is 0 Å². The van der Waals surface area contributed by atoms with Crippen LogP contribution >= 0.6 is 11.6 Å². The number of terminal acetylenes is 1. The summed E-state index contributed by atoms with van der Waals surface area (Å²) in [5.41, 5.74) is 0.856. The van der Waals surface area contributed by atoms with E-state index in [4.69, 9.17) is 23.1 Å². The number of aromatic hydroxyl groups is 1. The molecule has 0 radical (unpaired) electrons. The number of benzene rings is 1. The van der Waals surface area contributed by atoms with Crippen molar-refractivity contribution in [3.05, 3.63) is 58.8 Å². The van der Waals surface area contributed by atoms with Crippen molar-refractivity contribution < 1.29 is 19.8 Å². The summed E-state index contributed by atoms with van der Waals surface area (Å²) in [7, 11) is 1.66. The zero-order chi connectivity index (χ0) is 22.0. The van der Waals surface area contributed by atoms with Crippen LogP contribution in [0.15, 0.2) is 53.2 Å². The van der Waals surface area contributed by atoms with Crippen molar-refractivity contribution in [2.75, 3.05) is 6.54 Å². The molecule has 2 rings (SSSR count). The van der Waals surface area contributed by atoms with E-state index in [0.717, 1.165) is 0 Å². The van der Waals surface area contributed by atoms with Crippen LogP contribution in [-0.2, 0) is 11.8 Å². The number of carboxylic acids is 1. The Kier molecular flexibility index (Phi) is 9.23. The van der Waals surface area contributed by atoms with E-state index in [0.29, 0.717) is 11.3 Å². The number of amides is 1. The summed E-state index contributed by atoms with van der Waals surface area (Å²) in [4.78, 5) is 23.3. The highest BCUT2D eigenvalue weighted by atomic mass is 35.5. The zero-order valence-electron chi connectivity index (χ0n) is 16.3. The third kappa shape index (κ3) is 5.99. The fraction of sp³-hybridized carbons (Fsp3) is 0.190. The van der Waals surface area contributed by atoms with E-state index in [1.807, 2.05) is 19.8 Å². The van der Waals surface area contributed by atoms with Gasteiger partial charge in [-0.05, 0) is 18.2 Å². The summed E-state index contributed by atoms with van der Waals surface area (Å²) in [5, 5.41) is 25.5. The summed E-state index contributed by atoms with van der Waals surface area (Å²) >= 11 is 5.82. The first-order valence-electron chi connectivity index (χ1n) is 8.71. The molecule has 0 fully saturated rings. The summed E-state index contributed by atoms with van der Waals surface area (Å²) in [6.07, 6.45) is 9.25. The fourth-order valence-electron chi connectivity index (χ4n) is 2.32. The standard InChI is InChI=1S/C19H16ClN3O4.C2H6/c1-3-12(19(26)27)15(20)8-6-10-21-18(25)14-11-22-23(2)17(14)13-7-4-5-9-16(13)24;1-2/h1,4-9,11,24H,10H2,2H3,(H,21,25)(H,26,27);1-2H3/b8-6-,15-12-;. The van der Waals surface area contributed by atoms with Gasteiger partial charge in [0.15, 0.2) is 0 Å². The van der Waals surface area contributed by atoms with Gasteiger partial charge >= 0.3 is 5.97 Å². The van der Waals surface area contributed by atoms with Gasteiger partial charge in [0.05, 0.1) is 22.5 Å². The van der Waals surface area contributed by atoms with E-state index in [-0.39, 0.29) is 28.5 Å². The average Bonchev–Trinajstić information content (AvgIpc) is 3.08. The Morgan fingerprint density at radius 3 is 2.59 bits per heavy atom. The van der Waals surface area contributed by atoms with E-state index < -0.39 is 11.9 Å². The van der Waals surface area contributed by atoms with Gasteiger partial charge in [-0.2, -0.15) is 5.10 Å². The number of para-hydroxylation sites is 1. The highest BCUT2D eigenvalue weighted by molar-refractivity contribution is 6.33. The molecule has 152 valence electrons. The van der Waals surface area contributed by atoms with Crippen LogP contribution in [0.3, 0.4) is 0 Å². The van der Waals surface area contributed by atoms with Gasteiger partial charge in [-0.15, -0.1) is 6.42 Å². The van der Waals surface area contributed by atoms with E-state index in [9.17, 15) is 14.7 Å². The van der Waals surface area contributed by atoms with Gasteiger partial charge in [0.2, 0.25) is 0 Å². The Bertz CT molecular complexity index is 984. The van der Waals surface area contributed by atoms with Crippen molar-refractivity contribution in [2.45, 2.75) is 13.8 Å². The molecule has 29 heavy (non-hydrogen) atoms. The average molecular weight is 416 g/mol. The number of aliphatic carboxylic acids is 1. The summed E-state index contributed by atoms with van der Waals surface area (Å²) in [6, 6.07) is 6.62. The molecule has 0 aliphatic heterocycles. The van der Waals surface area contributed by atoms with Crippen molar-refractivity contribution in [2.24, 2.45) is 7.05 Å². The summed E-state index contributed by atoms with van der Waals surface area (Å²) in [5.74, 6) is 0.293. The quantitative estimate of drug-likeness (QED) is 0.381. The predicted molar refractivity (Wildman–Crippen MR) is 112 cm³/mol. The lowest BCUT2D eigenvalue weighted by molar-refractivity contribution is -0.132. The first-order chi connectivity index (χ1) is 13.9. The molecular formula is C21H22ClN3O4. The number of carboxylic acid groups (broad SMARTS) is 1. The van der Waals surface area contributed by atoms with Gasteiger partial charge < -0.3 is 15.5 Å². The number of carbonyl (C=O) groups excluding carboxylic acids is 1. The van der Waals surface area contributed by atoms with Crippen LogP contribution in [0.5, 0.6) is 5.75 Å². The first-order valence-corrected chi connectivity index (χ1v) is 9.09. The van der Waals surface area contributed by atoms with Gasteiger partial charge in [-0.25, -0.2) is 4.79 Å². The molecule has 7 nitrogen and oxygen atoms in total. The van der Waals surface area contributed by atoms with Gasteiger partial charge in [0.1, 0.15) is 11.3 Å². The molecule has 1 aromatic heterocycles. The first kappa shape index (κ1) is 23.5. The van der Waals surface area contributed by atoms with Crippen molar-refractivity contribution in [1.82, 2.24) is 15.1 Å². The van der Waals surface area contributed by atoms with Gasteiger partial charge in [0, 0.05) is 19.2 Å². The fourth-order valence-corrected chi connectivity index (χ4v) is 2.55. The van der Waals surface area contributed by atoms with Crippen LogP contribution in [0, 0.1) is 12.3 Å². The number of phenolic OH excluding ortho intramolecular Hbond substituents is 1. The van der Waals surface area contributed by atoms with Gasteiger partial charge in [0.25, 0.3) is 5.91 Å². The number of phenols is 1. The molecule has 2 aromatic rings. The molecule has 1 heterocycles. The van der Waals surface area contributed by atoms with Gasteiger partial charge in [-0.1, -0.05) is 49.6 Å². The second kappa shape index (κ2) is 11.4. The number of carbonyl (C=O) groups is 2. The molecule has 0 bridgehead atoms.